The molecule has 0 aliphatic rings. The van der Waals surface area contributed by atoms with Crippen molar-refractivity contribution in [2.24, 2.45) is 0 Å². The summed E-state index contributed by atoms with van der Waals surface area (Å²) in [5.74, 6) is 0. The van der Waals surface area contributed by atoms with Gasteiger partial charge in [0.25, 0.3) is 0 Å². The van der Waals surface area contributed by atoms with Gasteiger partial charge in [-0.3, -0.25) is 0 Å². The second-order valence-electron chi connectivity index (χ2n) is 5.19. The van der Waals surface area contributed by atoms with Gasteiger partial charge in [0.15, 0.2) is 0 Å². The number of rotatable bonds is 2. The molecule has 0 aromatic heterocycles. The molecule has 0 aliphatic heterocycles. The summed E-state index contributed by atoms with van der Waals surface area (Å²) in [7, 11) is -4.65. The summed E-state index contributed by atoms with van der Waals surface area (Å²) < 4.78 is 72.1. The molecule has 24 heavy (non-hydrogen) atoms. The molecule has 0 spiro atoms. The standard InChI is InChI=1S/C17H11F3O3S/c18-17(19,20)12-7-5-11(6-8-12)13-9-10-16(24(21,22)23)15-4-2-1-3-14(13)15/h1-10H,(H,21,22,23)/p-1. The van der Waals surface area contributed by atoms with Gasteiger partial charge in [0.1, 0.15) is 10.1 Å². The number of hydrogen-bond acceptors (Lipinski definition) is 3. The maximum absolute atomic E-state index is 12.7. The molecule has 0 saturated heterocycles. The van der Waals surface area contributed by atoms with Gasteiger partial charge in [0.2, 0.25) is 0 Å². The second-order valence-corrected chi connectivity index (χ2v) is 6.53. The predicted molar refractivity (Wildman–Crippen MR) is 82.3 cm³/mol. The first-order valence-electron chi connectivity index (χ1n) is 6.83. The second kappa shape index (κ2) is 5.61. The minimum absolute atomic E-state index is 0.241. The van der Waals surface area contributed by atoms with Crippen LogP contribution in [0.5, 0.6) is 0 Å². The van der Waals surface area contributed by atoms with Gasteiger partial charge in [-0.25, -0.2) is 8.42 Å². The minimum Gasteiger partial charge on any atom is -0.744 e. The van der Waals surface area contributed by atoms with Crippen molar-refractivity contribution in [2.75, 3.05) is 0 Å². The Balaban J connectivity index is 2.22. The lowest BCUT2D eigenvalue weighted by Gasteiger charge is -2.14. The van der Waals surface area contributed by atoms with Crippen molar-refractivity contribution >= 4 is 20.9 Å². The van der Waals surface area contributed by atoms with Crippen LogP contribution in [0.1, 0.15) is 5.56 Å². The highest BCUT2D eigenvalue weighted by Gasteiger charge is 2.30. The van der Waals surface area contributed by atoms with Gasteiger partial charge < -0.3 is 4.55 Å². The smallest absolute Gasteiger partial charge is 0.416 e. The van der Waals surface area contributed by atoms with E-state index in [-0.39, 0.29) is 10.3 Å². The van der Waals surface area contributed by atoms with Crippen LogP contribution < -0.4 is 0 Å². The zero-order valence-corrected chi connectivity index (χ0v) is 12.9. The first-order chi connectivity index (χ1) is 11.2. The van der Waals surface area contributed by atoms with Crippen molar-refractivity contribution in [3.63, 3.8) is 0 Å². The Bertz CT molecular complexity index is 1010. The SMILES string of the molecule is O=S(=O)([O-])c1ccc(-c2ccc(C(F)(F)F)cc2)c2ccccc12. The molecule has 3 rings (SSSR count). The van der Waals surface area contributed by atoms with Crippen LogP contribution >= 0.6 is 0 Å². The lowest BCUT2D eigenvalue weighted by molar-refractivity contribution is -0.137. The van der Waals surface area contributed by atoms with Crippen molar-refractivity contribution in [1.29, 1.82) is 0 Å². The fourth-order valence-corrected chi connectivity index (χ4v) is 3.26. The first kappa shape index (κ1) is 16.5. The molecule has 0 unspecified atom stereocenters. The van der Waals surface area contributed by atoms with Gasteiger partial charge in [0, 0.05) is 0 Å². The van der Waals surface area contributed by atoms with Crippen molar-refractivity contribution in [1.82, 2.24) is 0 Å². The molecule has 0 heterocycles. The van der Waals surface area contributed by atoms with Crippen LogP contribution in [-0.4, -0.2) is 13.0 Å². The van der Waals surface area contributed by atoms with Crippen molar-refractivity contribution in [3.8, 4) is 11.1 Å². The van der Waals surface area contributed by atoms with E-state index < -0.39 is 21.9 Å². The quantitative estimate of drug-likeness (QED) is 0.642. The Morgan fingerprint density at radius 2 is 1.38 bits per heavy atom. The van der Waals surface area contributed by atoms with E-state index >= 15 is 0 Å². The molecule has 3 aromatic rings. The fourth-order valence-electron chi connectivity index (χ4n) is 2.58. The van der Waals surface area contributed by atoms with E-state index in [1.165, 1.54) is 30.3 Å². The van der Waals surface area contributed by atoms with E-state index in [0.717, 1.165) is 12.1 Å². The summed E-state index contributed by atoms with van der Waals surface area (Å²) in [6, 6.07) is 13.5. The Morgan fingerprint density at radius 1 is 0.792 bits per heavy atom. The Morgan fingerprint density at radius 3 is 1.92 bits per heavy atom. The molecule has 0 atom stereocenters. The van der Waals surface area contributed by atoms with E-state index in [1.807, 2.05) is 0 Å². The van der Waals surface area contributed by atoms with Crippen molar-refractivity contribution < 1.29 is 26.1 Å². The van der Waals surface area contributed by atoms with Crippen LogP contribution in [0, 0.1) is 0 Å². The van der Waals surface area contributed by atoms with Gasteiger partial charge in [0.05, 0.1) is 10.5 Å². The van der Waals surface area contributed by atoms with Crippen LogP contribution in [0.2, 0.25) is 0 Å². The Hall–Kier alpha value is -2.38. The van der Waals surface area contributed by atoms with E-state index in [9.17, 15) is 26.1 Å². The monoisotopic (exact) mass is 351 g/mol. The van der Waals surface area contributed by atoms with E-state index in [2.05, 4.69) is 0 Å². The average Bonchev–Trinajstić information content (AvgIpc) is 2.52. The molecule has 0 saturated carbocycles. The summed E-state index contributed by atoms with van der Waals surface area (Å²) in [5.41, 5.74) is 0.273. The van der Waals surface area contributed by atoms with Gasteiger partial charge in [-0.05, 0) is 40.1 Å². The third-order valence-electron chi connectivity index (χ3n) is 3.68. The van der Waals surface area contributed by atoms with Crippen LogP contribution in [0.4, 0.5) is 13.2 Å². The number of alkyl halides is 3. The summed E-state index contributed by atoms with van der Waals surface area (Å²) >= 11 is 0. The van der Waals surface area contributed by atoms with Crippen molar-refractivity contribution in [3.05, 3.63) is 66.2 Å². The van der Waals surface area contributed by atoms with E-state index in [1.54, 1.807) is 18.2 Å². The van der Waals surface area contributed by atoms with Gasteiger partial charge in [-0.15, -0.1) is 0 Å². The highest BCUT2D eigenvalue weighted by Crippen LogP contribution is 2.35. The normalized spacial score (nSPS) is 12.5. The van der Waals surface area contributed by atoms with Crippen LogP contribution in [-0.2, 0) is 16.3 Å². The Labute approximate surface area is 136 Å². The third kappa shape index (κ3) is 3.00. The summed E-state index contributed by atoms with van der Waals surface area (Å²) in [5, 5.41) is 0.721. The molecule has 0 aliphatic carbocycles. The molecule has 0 radical (unpaired) electrons. The molecular weight excluding hydrogens is 341 g/mol. The molecule has 0 bridgehead atoms. The number of benzene rings is 3. The first-order valence-corrected chi connectivity index (χ1v) is 8.24. The summed E-state index contributed by atoms with van der Waals surface area (Å²) in [4.78, 5) is -0.353. The van der Waals surface area contributed by atoms with Gasteiger partial charge in [-0.1, -0.05) is 42.5 Å². The number of hydrogen-bond donors (Lipinski definition) is 0. The zero-order chi connectivity index (χ0) is 17.5. The minimum atomic E-state index is -4.65. The van der Waals surface area contributed by atoms with Crippen LogP contribution in [0.15, 0.2) is 65.6 Å². The van der Waals surface area contributed by atoms with Crippen molar-refractivity contribution in [2.45, 2.75) is 11.1 Å². The van der Waals surface area contributed by atoms with Gasteiger partial charge >= 0.3 is 6.18 Å². The molecular formula is C17H10F3O3S-. The molecule has 0 fully saturated rings. The summed E-state index contributed by atoms with van der Waals surface area (Å²) in [6.45, 7) is 0. The molecule has 3 aromatic carbocycles. The maximum atomic E-state index is 12.7. The van der Waals surface area contributed by atoms with Crippen LogP contribution in [0.25, 0.3) is 21.9 Å². The number of fused-ring (bicyclic) bond motifs is 1. The van der Waals surface area contributed by atoms with E-state index in [4.69, 9.17) is 0 Å². The Kier molecular flexibility index (Phi) is 3.85. The number of halogens is 3. The fraction of sp³-hybridized carbons (Fsp3) is 0.0588. The lowest BCUT2D eigenvalue weighted by Crippen LogP contribution is -2.04. The highest BCUT2D eigenvalue weighted by molar-refractivity contribution is 7.86. The van der Waals surface area contributed by atoms with Crippen LogP contribution in [0.3, 0.4) is 0 Å². The molecule has 124 valence electrons. The highest BCUT2D eigenvalue weighted by atomic mass is 32.2. The maximum Gasteiger partial charge on any atom is 0.416 e. The molecule has 3 nitrogen and oxygen atoms in total. The van der Waals surface area contributed by atoms with E-state index in [0.29, 0.717) is 16.5 Å². The molecule has 0 amide bonds. The topological polar surface area (TPSA) is 57.2 Å². The summed E-state index contributed by atoms with van der Waals surface area (Å²) in [6.07, 6.45) is -4.43. The zero-order valence-electron chi connectivity index (χ0n) is 12.0. The van der Waals surface area contributed by atoms with Gasteiger partial charge in [-0.2, -0.15) is 13.2 Å². The largest absolute Gasteiger partial charge is 0.744 e. The average molecular weight is 351 g/mol. The third-order valence-corrected chi connectivity index (χ3v) is 4.57. The molecule has 0 N–H and O–H groups in total. The molecule has 7 heteroatoms. The predicted octanol–water partition coefficient (Wildman–Crippen LogP) is 4.43. The lowest BCUT2D eigenvalue weighted by atomic mass is 9.97.